The number of aliphatic imine (C=N–C) groups is 1. The average molecular weight is 432 g/mol. The second-order valence-corrected chi connectivity index (χ2v) is 5.85. The van der Waals surface area contributed by atoms with Crippen molar-refractivity contribution in [3.8, 4) is 0 Å². The maximum Gasteiger partial charge on any atom is 0.193 e. The molecule has 1 fully saturated rings. The number of aryl methyl sites for hydroxylation is 1. The number of likely N-dealkylation sites (tertiary alicyclic amines) is 1. The predicted octanol–water partition coefficient (Wildman–Crippen LogP) is 2.48. The number of nitrogens with zero attached hydrogens (tertiary/aromatic N) is 3. The van der Waals surface area contributed by atoms with Crippen molar-refractivity contribution in [1.29, 1.82) is 0 Å². The Morgan fingerprint density at radius 3 is 2.96 bits per heavy atom. The minimum Gasteiger partial charge on any atom is -0.384 e. The van der Waals surface area contributed by atoms with Crippen LogP contribution in [-0.2, 0) is 11.2 Å². The summed E-state index contributed by atoms with van der Waals surface area (Å²) in [5, 5.41) is 3.40. The van der Waals surface area contributed by atoms with Crippen molar-refractivity contribution in [2.45, 2.75) is 26.7 Å². The first kappa shape index (κ1) is 20.2. The van der Waals surface area contributed by atoms with Gasteiger partial charge in [-0.15, -0.1) is 24.0 Å². The Balaban J connectivity index is 0.00000264. The van der Waals surface area contributed by atoms with Gasteiger partial charge >= 0.3 is 0 Å². The quantitative estimate of drug-likeness (QED) is 0.427. The summed E-state index contributed by atoms with van der Waals surface area (Å²) >= 11 is 0. The molecule has 0 saturated carbocycles. The fourth-order valence-corrected chi connectivity index (χ4v) is 2.76. The zero-order valence-corrected chi connectivity index (χ0v) is 16.7. The third-order valence-electron chi connectivity index (χ3n) is 3.96. The van der Waals surface area contributed by atoms with Crippen LogP contribution >= 0.6 is 24.0 Å². The van der Waals surface area contributed by atoms with Gasteiger partial charge in [-0.3, -0.25) is 9.98 Å². The Morgan fingerprint density at radius 1 is 1.48 bits per heavy atom. The molecule has 1 unspecified atom stereocenters. The molecule has 1 N–H and O–H groups in total. The number of ether oxygens (including phenoxy) is 1. The number of aromatic nitrogens is 1. The van der Waals surface area contributed by atoms with E-state index >= 15 is 0 Å². The van der Waals surface area contributed by atoms with Crippen molar-refractivity contribution in [2.24, 2.45) is 10.9 Å². The number of hydrogen-bond donors (Lipinski definition) is 1. The summed E-state index contributed by atoms with van der Waals surface area (Å²) in [5.74, 6) is 1.65. The van der Waals surface area contributed by atoms with Gasteiger partial charge in [0.2, 0.25) is 0 Å². The second kappa shape index (κ2) is 10.8. The number of nitrogens with one attached hydrogen (secondary N) is 1. The van der Waals surface area contributed by atoms with E-state index < -0.39 is 0 Å². The van der Waals surface area contributed by atoms with Gasteiger partial charge < -0.3 is 15.0 Å². The van der Waals surface area contributed by atoms with Gasteiger partial charge in [0.05, 0.1) is 6.61 Å². The topological polar surface area (TPSA) is 49.8 Å². The highest BCUT2D eigenvalue weighted by molar-refractivity contribution is 14.0. The van der Waals surface area contributed by atoms with Crippen LogP contribution in [0.3, 0.4) is 0 Å². The zero-order chi connectivity index (χ0) is 15.8. The molecule has 0 aliphatic carbocycles. The Bertz CT molecular complexity index is 478. The molecule has 0 amide bonds. The molecule has 23 heavy (non-hydrogen) atoms. The van der Waals surface area contributed by atoms with E-state index in [1.807, 2.05) is 13.1 Å². The fraction of sp³-hybridized carbons (Fsp3) is 0.647. The van der Waals surface area contributed by atoms with Gasteiger partial charge in [0, 0.05) is 51.1 Å². The molecule has 2 rings (SSSR count). The van der Waals surface area contributed by atoms with E-state index in [9.17, 15) is 0 Å². The summed E-state index contributed by atoms with van der Waals surface area (Å²) in [4.78, 5) is 11.5. The number of guanidine groups is 1. The lowest BCUT2D eigenvalue weighted by Gasteiger charge is -2.21. The second-order valence-electron chi connectivity index (χ2n) is 5.85. The van der Waals surface area contributed by atoms with Gasteiger partial charge in [-0.1, -0.05) is 6.07 Å². The number of methoxy groups -OCH3 is 1. The molecule has 0 spiro atoms. The standard InChI is InChI=1S/C17H28N4O.HI/c1-4-18-17(21-10-8-16(12-21)13-22-3)19-9-7-15-6-5-14(2)20-11-15;/h5-6,11,16H,4,7-10,12-13H2,1-3H3,(H,18,19);1H. The number of pyridine rings is 1. The maximum atomic E-state index is 5.27. The molecule has 0 radical (unpaired) electrons. The molecule has 6 heteroatoms. The summed E-state index contributed by atoms with van der Waals surface area (Å²) in [6.45, 7) is 8.74. The van der Waals surface area contributed by atoms with Crippen molar-refractivity contribution in [3.63, 3.8) is 0 Å². The average Bonchev–Trinajstić information content (AvgIpc) is 2.97. The highest BCUT2D eigenvalue weighted by Crippen LogP contribution is 2.16. The van der Waals surface area contributed by atoms with E-state index in [-0.39, 0.29) is 24.0 Å². The minimum atomic E-state index is 0. The monoisotopic (exact) mass is 432 g/mol. The van der Waals surface area contributed by atoms with E-state index in [0.717, 1.165) is 50.9 Å². The van der Waals surface area contributed by atoms with E-state index in [4.69, 9.17) is 9.73 Å². The molecule has 5 nitrogen and oxygen atoms in total. The van der Waals surface area contributed by atoms with E-state index in [1.165, 1.54) is 12.0 Å². The van der Waals surface area contributed by atoms with Crippen LogP contribution in [0, 0.1) is 12.8 Å². The highest BCUT2D eigenvalue weighted by Gasteiger charge is 2.24. The molecule has 1 aliphatic heterocycles. The van der Waals surface area contributed by atoms with Gasteiger partial charge in [-0.2, -0.15) is 0 Å². The lowest BCUT2D eigenvalue weighted by Crippen LogP contribution is -2.40. The van der Waals surface area contributed by atoms with Crippen molar-refractivity contribution in [1.82, 2.24) is 15.2 Å². The molecule has 2 heterocycles. The molecule has 0 bridgehead atoms. The molecule has 1 aromatic rings. The summed E-state index contributed by atoms with van der Waals surface area (Å²) in [7, 11) is 1.78. The van der Waals surface area contributed by atoms with Crippen LogP contribution in [0.2, 0.25) is 0 Å². The molecular weight excluding hydrogens is 403 g/mol. The smallest absolute Gasteiger partial charge is 0.193 e. The van der Waals surface area contributed by atoms with Gasteiger partial charge in [0.1, 0.15) is 0 Å². The SMILES string of the molecule is CCNC(=NCCc1ccc(C)nc1)N1CCC(COC)C1.I. The Kier molecular flexibility index (Phi) is 9.47. The van der Waals surface area contributed by atoms with Crippen molar-refractivity contribution in [3.05, 3.63) is 29.6 Å². The van der Waals surface area contributed by atoms with Crippen LogP contribution in [-0.4, -0.2) is 55.7 Å². The van der Waals surface area contributed by atoms with E-state index in [1.54, 1.807) is 7.11 Å². The predicted molar refractivity (Wildman–Crippen MR) is 106 cm³/mol. The normalized spacial score (nSPS) is 18.0. The van der Waals surface area contributed by atoms with Crippen molar-refractivity contribution in [2.75, 3.05) is 39.9 Å². The number of hydrogen-bond acceptors (Lipinski definition) is 3. The number of rotatable bonds is 6. The summed E-state index contributed by atoms with van der Waals surface area (Å²) in [6, 6.07) is 4.19. The van der Waals surface area contributed by atoms with Gasteiger partial charge in [-0.05, 0) is 38.3 Å². The maximum absolute atomic E-state index is 5.27. The third kappa shape index (κ3) is 6.63. The van der Waals surface area contributed by atoms with Crippen LogP contribution in [0.15, 0.2) is 23.3 Å². The fourth-order valence-electron chi connectivity index (χ4n) is 2.76. The lowest BCUT2D eigenvalue weighted by molar-refractivity contribution is 0.157. The molecule has 0 aromatic carbocycles. The lowest BCUT2D eigenvalue weighted by atomic mass is 10.1. The first-order chi connectivity index (χ1) is 10.7. The molecule has 1 atom stereocenters. The van der Waals surface area contributed by atoms with Crippen LogP contribution in [0.5, 0.6) is 0 Å². The molecule has 1 aliphatic rings. The first-order valence-corrected chi connectivity index (χ1v) is 8.16. The third-order valence-corrected chi connectivity index (χ3v) is 3.96. The zero-order valence-electron chi connectivity index (χ0n) is 14.4. The van der Waals surface area contributed by atoms with Crippen LogP contribution in [0.4, 0.5) is 0 Å². The van der Waals surface area contributed by atoms with E-state index in [0.29, 0.717) is 5.92 Å². The first-order valence-electron chi connectivity index (χ1n) is 8.16. The van der Waals surface area contributed by atoms with Crippen molar-refractivity contribution >= 4 is 29.9 Å². The van der Waals surface area contributed by atoms with Crippen LogP contribution in [0.25, 0.3) is 0 Å². The molecular formula is C17H29IN4O. The molecule has 1 saturated heterocycles. The summed E-state index contributed by atoms with van der Waals surface area (Å²) in [5.41, 5.74) is 2.30. The Labute approximate surface area is 156 Å². The summed E-state index contributed by atoms with van der Waals surface area (Å²) in [6.07, 6.45) is 4.06. The van der Waals surface area contributed by atoms with Gasteiger partial charge in [-0.25, -0.2) is 0 Å². The van der Waals surface area contributed by atoms with Crippen LogP contribution in [0.1, 0.15) is 24.6 Å². The van der Waals surface area contributed by atoms with Gasteiger partial charge in [0.25, 0.3) is 0 Å². The molecule has 1 aromatic heterocycles. The van der Waals surface area contributed by atoms with Crippen molar-refractivity contribution < 1.29 is 4.74 Å². The van der Waals surface area contributed by atoms with Crippen LogP contribution < -0.4 is 5.32 Å². The van der Waals surface area contributed by atoms with E-state index in [2.05, 4.69) is 34.3 Å². The number of halogens is 1. The summed E-state index contributed by atoms with van der Waals surface area (Å²) < 4.78 is 5.27. The highest BCUT2D eigenvalue weighted by atomic mass is 127. The Hall–Kier alpha value is -0.890. The largest absolute Gasteiger partial charge is 0.384 e. The van der Waals surface area contributed by atoms with Gasteiger partial charge in [0.15, 0.2) is 5.96 Å². The minimum absolute atomic E-state index is 0. The Morgan fingerprint density at radius 2 is 2.30 bits per heavy atom. The molecule has 130 valence electrons.